The maximum Gasteiger partial charge on any atom is 0.229 e. The molecule has 0 spiro atoms. The molecule has 0 aliphatic rings. The third-order valence-corrected chi connectivity index (χ3v) is 3.19. The number of halogens is 2. The Bertz CT molecular complexity index is 575. The van der Waals surface area contributed by atoms with E-state index in [-0.39, 0.29) is 16.6 Å². The summed E-state index contributed by atoms with van der Waals surface area (Å²) in [4.78, 5) is 12.2. The van der Waals surface area contributed by atoms with Crippen LogP contribution in [0.25, 0.3) is 0 Å². The maximum atomic E-state index is 12.2. The molecule has 0 bridgehead atoms. The van der Waals surface area contributed by atoms with Crippen LogP contribution in [0.1, 0.15) is 21.9 Å². The molecule has 0 fully saturated rings. The predicted molar refractivity (Wildman–Crippen MR) is 69.3 cm³/mol. The van der Waals surface area contributed by atoms with Gasteiger partial charge in [0.25, 0.3) is 0 Å². The fraction of sp³-hybridized carbons (Fsp3) is 0.154. The summed E-state index contributed by atoms with van der Waals surface area (Å²) in [6.07, 6.45) is 0. The predicted octanol–water partition coefficient (Wildman–Crippen LogP) is 3.96. The SMILES string of the molecule is COCc1ccc(C(=O)c2cccc(Cl)c2Cl)o1. The first kappa shape index (κ1) is 13.1. The number of furan rings is 1. The van der Waals surface area contributed by atoms with Gasteiger partial charge in [-0.05, 0) is 24.3 Å². The standard InChI is InChI=1S/C13H10Cl2O3/c1-17-7-8-5-6-11(18-8)13(16)9-3-2-4-10(14)12(9)15/h2-6H,7H2,1H3. The van der Waals surface area contributed by atoms with Crippen molar-refractivity contribution < 1.29 is 13.9 Å². The van der Waals surface area contributed by atoms with Crippen molar-refractivity contribution in [2.75, 3.05) is 7.11 Å². The Hall–Kier alpha value is -1.29. The molecule has 0 saturated heterocycles. The van der Waals surface area contributed by atoms with E-state index in [1.807, 2.05) is 0 Å². The van der Waals surface area contributed by atoms with Crippen molar-refractivity contribution in [3.8, 4) is 0 Å². The van der Waals surface area contributed by atoms with Gasteiger partial charge in [-0.2, -0.15) is 0 Å². The second-order valence-corrected chi connectivity index (χ2v) is 4.41. The second kappa shape index (κ2) is 5.57. The van der Waals surface area contributed by atoms with Crippen LogP contribution in [-0.4, -0.2) is 12.9 Å². The van der Waals surface area contributed by atoms with Crippen LogP contribution in [0.15, 0.2) is 34.7 Å². The largest absolute Gasteiger partial charge is 0.455 e. The van der Waals surface area contributed by atoms with E-state index in [4.69, 9.17) is 32.4 Å². The topological polar surface area (TPSA) is 39.4 Å². The zero-order valence-electron chi connectivity index (χ0n) is 9.57. The van der Waals surface area contributed by atoms with E-state index < -0.39 is 0 Å². The zero-order chi connectivity index (χ0) is 13.1. The van der Waals surface area contributed by atoms with Gasteiger partial charge in [-0.15, -0.1) is 0 Å². The van der Waals surface area contributed by atoms with Gasteiger partial charge >= 0.3 is 0 Å². The van der Waals surface area contributed by atoms with Crippen molar-refractivity contribution in [1.29, 1.82) is 0 Å². The summed E-state index contributed by atoms with van der Waals surface area (Å²) in [7, 11) is 1.55. The van der Waals surface area contributed by atoms with E-state index in [0.29, 0.717) is 23.0 Å². The van der Waals surface area contributed by atoms with E-state index in [9.17, 15) is 4.79 Å². The van der Waals surface area contributed by atoms with Crippen molar-refractivity contribution in [2.45, 2.75) is 6.61 Å². The number of carbonyl (C=O) groups is 1. The Balaban J connectivity index is 2.32. The fourth-order valence-electron chi connectivity index (χ4n) is 1.53. The first-order valence-electron chi connectivity index (χ1n) is 5.20. The van der Waals surface area contributed by atoms with E-state index in [2.05, 4.69) is 0 Å². The number of benzene rings is 1. The molecule has 5 heteroatoms. The summed E-state index contributed by atoms with van der Waals surface area (Å²) in [5, 5.41) is 0.569. The lowest BCUT2D eigenvalue weighted by Crippen LogP contribution is -2.00. The van der Waals surface area contributed by atoms with Crippen LogP contribution in [-0.2, 0) is 11.3 Å². The highest BCUT2D eigenvalue weighted by Crippen LogP contribution is 2.27. The molecule has 2 aromatic rings. The number of hydrogen-bond donors (Lipinski definition) is 0. The lowest BCUT2D eigenvalue weighted by Gasteiger charge is -2.02. The van der Waals surface area contributed by atoms with Gasteiger partial charge < -0.3 is 9.15 Å². The van der Waals surface area contributed by atoms with Crippen molar-refractivity contribution in [1.82, 2.24) is 0 Å². The van der Waals surface area contributed by atoms with Crippen molar-refractivity contribution >= 4 is 29.0 Å². The Morgan fingerprint density at radius 1 is 1.28 bits per heavy atom. The minimum absolute atomic E-state index is 0.214. The average Bonchev–Trinajstić information content (AvgIpc) is 2.81. The van der Waals surface area contributed by atoms with E-state index in [1.165, 1.54) is 0 Å². The van der Waals surface area contributed by atoms with Crippen LogP contribution in [0.5, 0.6) is 0 Å². The first-order chi connectivity index (χ1) is 8.63. The van der Waals surface area contributed by atoms with Crippen molar-refractivity contribution in [3.63, 3.8) is 0 Å². The van der Waals surface area contributed by atoms with E-state index >= 15 is 0 Å². The molecule has 1 heterocycles. The molecule has 1 aromatic heterocycles. The molecule has 2 rings (SSSR count). The van der Waals surface area contributed by atoms with Crippen LogP contribution in [0.3, 0.4) is 0 Å². The molecule has 0 unspecified atom stereocenters. The van der Waals surface area contributed by atoms with Gasteiger partial charge in [0.15, 0.2) is 5.76 Å². The molecule has 0 aliphatic heterocycles. The summed E-state index contributed by atoms with van der Waals surface area (Å²) in [6, 6.07) is 8.18. The van der Waals surface area contributed by atoms with Gasteiger partial charge in [0.05, 0.1) is 10.0 Å². The summed E-state index contributed by atoms with van der Waals surface area (Å²) in [6.45, 7) is 0.316. The smallest absolute Gasteiger partial charge is 0.229 e. The summed E-state index contributed by atoms with van der Waals surface area (Å²) in [5.41, 5.74) is 0.322. The lowest BCUT2D eigenvalue weighted by molar-refractivity contribution is 0.1000. The molecule has 0 saturated carbocycles. The minimum Gasteiger partial charge on any atom is -0.455 e. The van der Waals surface area contributed by atoms with E-state index in [0.717, 1.165) is 0 Å². The molecule has 18 heavy (non-hydrogen) atoms. The molecule has 3 nitrogen and oxygen atoms in total. The Morgan fingerprint density at radius 2 is 2.06 bits per heavy atom. The van der Waals surface area contributed by atoms with Gasteiger partial charge in [0.1, 0.15) is 12.4 Å². The molecule has 1 aromatic carbocycles. The number of carbonyl (C=O) groups excluding carboxylic acids is 1. The Labute approximate surface area is 114 Å². The molecular weight excluding hydrogens is 275 g/mol. The third-order valence-electron chi connectivity index (χ3n) is 2.37. The van der Waals surface area contributed by atoms with Gasteiger partial charge in [-0.3, -0.25) is 4.79 Å². The normalized spacial score (nSPS) is 10.6. The second-order valence-electron chi connectivity index (χ2n) is 3.63. The quantitative estimate of drug-likeness (QED) is 0.798. The van der Waals surface area contributed by atoms with Crippen LogP contribution >= 0.6 is 23.2 Å². The fourth-order valence-corrected chi connectivity index (χ4v) is 1.92. The highest BCUT2D eigenvalue weighted by molar-refractivity contribution is 6.44. The number of ether oxygens (including phenoxy) is 1. The number of hydrogen-bond acceptors (Lipinski definition) is 3. The molecule has 0 N–H and O–H groups in total. The Kier molecular flexibility index (Phi) is 4.07. The van der Waals surface area contributed by atoms with Crippen molar-refractivity contribution in [2.24, 2.45) is 0 Å². The van der Waals surface area contributed by atoms with Gasteiger partial charge in [0.2, 0.25) is 5.78 Å². The molecule has 0 amide bonds. The molecule has 0 radical (unpaired) electrons. The van der Waals surface area contributed by atoms with Crippen LogP contribution in [0.2, 0.25) is 10.0 Å². The summed E-state index contributed by atoms with van der Waals surface area (Å²) >= 11 is 11.9. The number of rotatable bonds is 4. The van der Waals surface area contributed by atoms with Crippen LogP contribution < -0.4 is 0 Å². The minimum atomic E-state index is -0.301. The molecular formula is C13H10Cl2O3. The Morgan fingerprint density at radius 3 is 2.78 bits per heavy atom. The summed E-state index contributed by atoms with van der Waals surface area (Å²) in [5.74, 6) is 0.495. The number of methoxy groups -OCH3 is 1. The highest BCUT2D eigenvalue weighted by Gasteiger charge is 2.17. The monoisotopic (exact) mass is 284 g/mol. The number of ketones is 1. The molecule has 94 valence electrons. The average molecular weight is 285 g/mol. The lowest BCUT2D eigenvalue weighted by atomic mass is 10.1. The molecule has 0 aliphatic carbocycles. The van der Waals surface area contributed by atoms with E-state index in [1.54, 1.807) is 37.4 Å². The zero-order valence-corrected chi connectivity index (χ0v) is 11.1. The van der Waals surface area contributed by atoms with Gasteiger partial charge in [-0.25, -0.2) is 0 Å². The highest BCUT2D eigenvalue weighted by atomic mass is 35.5. The maximum absolute atomic E-state index is 12.2. The first-order valence-corrected chi connectivity index (χ1v) is 5.95. The van der Waals surface area contributed by atoms with Gasteiger partial charge in [-0.1, -0.05) is 29.3 Å². The van der Waals surface area contributed by atoms with Crippen molar-refractivity contribution in [3.05, 3.63) is 57.5 Å². The molecule has 0 atom stereocenters. The van der Waals surface area contributed by atoms with Crippen LogP contribution in [0, 0.1) is 0 Å². The third kappa shape index (κ3) is 2.58. The summed E-state index contributed by atoms with van der Waals surface area (Å²) < 4.78 is 10.3. The van der Waals surface area contributed by atoms with Gasteiger partial charge in [0, 0.05) is 12.7 Å². The van der Waals surface area contributed by atoms with Crippen LogP contribution in [0.4, 0.5) is 0 Å².